The highest BCUT2D eigenvalue weighted by Crippen LogP contribution is 2.23. The quantitative estimate of drug-likeness (QED) is 0.395. The lowest BCUT2D eigenvalue weighted by molar-refractivity contribution is -0.384. The van der Waals surface area contributed by atoms with Gasteiger partial charge in [-0.15, -0.1) is 6.42 Å². The number of fused-ring (bicyclic) bond motifs is 1. The van der Waals surface area contributed by atoms with Crippen LogP contribution in [0.5, 0.6) is 0 Å². The lowest BCUT2D eigenvalue weighted by Crippen LogP contribution is -2.17. The molecule has 2 aromatic carbocycles. The molecule has 0 atom stereocenters. The van der Waals surface area contributed by atoms with E-state index >= 15 is 0 Å². The van der Waals surface area contributed by atoms with Crippen molar-refractivity contribution in [2.75, 3.05) is 0 Å². The molecule has 0 saturated heterocycles. The number of benzene rings is 2. The van der Waals surface area contributed by atoms with Crippen LogP contribution in [0, 0.1) is 36.3 Å². The van der Waals surface area contributed by atoms with E-state index in [9.17, 15) is 14.9 Å². The number of terminal acetylenes is 1. The molecule has 1 heterocycles. The maximum atomic E-state index is 12.5. The zero-order valence-corrected chi connectivity index (χ0v) is 15.7. The zero-order valence-electron chi connectivity index (χ0n) is 14.9. The van der Waals surface area contributed by atoms with Gasteiger partial charge in [-0.25, -0.2) is 0 Å². The second-order valence-corrected chi connectivity index (χ2v) is 7.21. The third-order valence-electron chi connectivity index (χ3n) is 4.19. The Kier molecular flexibility index (Phi) is 5.19. The number of thiazole rings is 1. The Morgan fingerprint density at radius 3 is 2.74 bits per heavy atom. The summed E-state index contributed by atoms with van der Waals surface area (Å²) in [6.45, 7) is 4.14. The fourth-order valence-electron chi connectivity index (χ4n) is 2.85. The average Bonchev–Trinajstić information content (AvgIpc) is 2.94. The number of nitro groups is 1. The fourth-order valence-corrected chi connectivity index (χ4v) is 3.88. The predicted molar refractivity (Wildman–Crippen MR) is 105 cm³/mol. The van der Waals surface area contributed by atoms with Crippen LogP contribution in [-0.2, 0) is 17.8 Å². The SMILES string of the molecule is C#CCn1c(=NC(=O)Cc2ccc(C)cc2C)sc2ccc([N+](=O)[O-])cc21. The molecule has 0 unspecified atom stereocenters. The summed E-state index contributed by atoms with van der Waals surface area (Å²) in [4.78, 5) is 27.7. The number of amides is 1. The molecule has 7 heteroatoms. The molecular weight excluding hydrogens is 362 g/mol. The van der Waals surface area contributed by atoms with Gasteiger partial charge in [0.2, 0.25) is 0 Å². The third kappa shape index (κ3) is 3.96. The second kappa shape index (κ2) is 7.56. The minimum atomic E-state index is -0.459. The van der Waals surface area contributed by atoms with Gasteiger partial charge in [0.05, 0.1) is 28.1 Å². The van der Waals surface area contributed by atoms with E-state index < -0.39 is 4.92 Å². The number of nitro benzene ring substituents is 1. The molecule has 0 radical (unpaired) electrons. The Morgan fingerprint density at radius 1 is 1.30 bits per heavy atom. The molecule has 0 fully saturated rings. The molecule has 27 heavy (non-hydrogen) atoms. The van der Waals surface area contributed by atoms with Gasteiger partial charge in [0.15, 0.2) is 4.80 Å². The number of carbonyl (C=O) groups is 1. The molecule has 0 bridgehead atoms. The van der Waals surface area contributed by atoms with E-state index in [1.807, 2.05) is 32.0 Å². The first kappa shape index (κ1) is 18.5. The van der Waals surface area contributed by atoms with E-state index in [-0.39, 0.29) is 24.6 Å². The molecular formula is C20H17N3O3S. The van der Waals surface area contributed by atoms with Crippen LogP contribution in [0.15, 0.2) is 41.4 Å². The highest BCUT2D eigenvalue weighted by atomic mass is 32.1. The zero-order chi connectivity index (χ0) is 19.6. The summed E-state index contributed by atoms with van der Waals surface area (Å²) in [5, 5.41) is 11.0. The van der Waals surface area contributed by atoms with E-state index in [1.54, 1.807) is 10.6 Å². The van der Waals surface area contributed by atoms with Crippen molar-refractivity contribution >= 4 is 33.1 Å². The molecule has 0 N–H and O–H groups in total. The van der Waals surface area contributed by atoms with E-state index in [4.69, 9.17) is 6.42 Å². The fraction of sp³-hybridized carbons (Fsp3) is 0.200. The van der Waals surface area contributed by atoms with Gasteiger partial charge in [0, 0.05) is 12.1 Å². The maximum absolute atomic E-state index is 12.5. The highest BCUT2D eigenvalue weighted by molar-refractivity contribution is 7.16. The second-order valence-electron chi connectivity index (χ2n) is 6.20. The molecule has 0 spiro atoms. The minimum Gasteiger partial charge on any atom is -0.304 e. The first-order valence-corrected chi connectivity index (χ1v) is 9.05. The highest BCUT2D eigenvalue weighted by Gasteiger charge is 2.13. The van der Waals surface area contributed by atoms with E-state index in [0.717, 1.165) is 21.4 Å². The van der Waals surface area contributed by atoms with Crippen molar-refractivity contribution in [3.63, 3.8) is 0 Å². The van der Waals surface area contributed by atoms with Crippen LogP contribution >= 0.6 is 11.3 Å². The van der Waals surface area contributed by atoms with Crippen molar-refractivity contribution in [1.29, 1.82) is 0 Å². The molecule has 1 aromatic heterocycles. The van der Waals surface area contributed by atoms with Crippen molar-refractivity contribution in [3.8, 4) is 12.3 Å². The third-order valence-corrected chi connectivity index (χ3v) is 5.25. The summed E-state index contributed by atoms with van der Waals surface area (Å²) in [5.74, 6) is 2.23. The van der Waals surface area contributed by atoms with Crippen molar-refractivity contribution in [2.24, 2.45) is 4.99 Å². The number of hydrogen-bond acceptors (Lipinski definition) is 4. The van der Waals surface area contributed by atoms with Crippen molar-refractivity contribution < 1.29 is 9.72 Å². The Bertz CT molecular complexity index is 1170. The average molecular weight is 379 g/mol. The van der Waals surface area contributed by atoms with Crippen molar-refractivity contribution in [2.45, 2.75) is 26.8 Å². The van der Waals surface area contributed by atoms with Gasteiger partial charge in [-0.3, -0.25) is 14.9 Å². The van der Waals surface area contributed by atoms with Gasteiger partial charge < -0.3 is 4.57 Å². The monoisotopic (exact) mass is 379 g/mol. The minimum absolute atomic E-state index is 0.0285. The number of nitrogens with zero attached hydrogens (tertiary/aromatic N) is 3. The number of aryl methyl sites for hydroxylation is 2. The normalized spacial score (nSPS) is 11.5. The van der Waals surface area contributed by atoms with Gasteiger partial charge in [-0.2, -0.15) is 4.99 Å². The van der Waals surface area contributed by atoms with Crippen LogP contribution in [0.2, 0.25) is 0 Å². The molecule has 3 aromatic rings. The molecule has 3 rings (SSSR count). The molecule has 6 nitrogen and oxygen atoms in total. The Morgan fingerprint density at radius 2 is 2.07 bits per heavy atom. The van der Waals surface area contributed by atoms with Gasteiger partial charge >= 0.3 is 0 Å². The summed E-state index contributed by atoms with van der Waals surface area (Å²) in [6.07, 6.45) is 5.63. The first-order chi connectivity index (χ1) is 12.9. The summed E-state index contributed by atoms with van der Waals surface area (Å²) in [5.41, 5.74) is 3.68. The molecule has 0 aliphatic rings. The number of aromatic nitrogens is 1. The number of non-ortho nitro benzene ring substituents is 1. The largest absolute Gasteiger partial charge is 0.304 e. The van der Waals surface area contributed by atoms with Crippen LogP contribution in [0.4, 0.5) is 5.69 Å². The molecule has 0 aliphatic heterocycles. The van der Waals surface area contributed by atoms with E-state index in [1.165, 1.54) is 23.5 Å². The van der Waals surface area contributed by atoms with Gasteiger partial charge in [-0.05, 0) is 31.0 Å². The molecule has 0 saturated carbocycles. The van der Waals surface area contributed by atoms with Crippen molar-refractivity contribution in [1.82, 2.24) is 4.57 Å². The van der Waals surface area contributed by atoms with Crippen LogP contribution in [-0.4, -0.2) is 15.4 Å². The van der Waals surface area contributed by atoms with E-state index in [2.05, 4.69) is 10.9 Å². The number of rotatable bonds is 4. The van der Waals surface area contributed by atoms with Gasteiger partial charge in [0.1, 0.15) is 0 Å². The molecule has 0 aliphatic carbocycles. The standard InChI is InChI=1S/C20H17N3O3S/c1-4-9-22-17-12-16(23(25)26)7-8-18(17)27-20(22)21-19(24)11-15-6-5-13(2)10-14(15)3/h1,5-8,10,12H,9,11H2,2-3H3. The Balaban J connectivity index is 2.04. The maximum Gasteiger partial charge on any atom is 0.271 e. The molecule has 1 amide bonds. The summed E-state index contributed by atoms with van der Waals surface area (Å²) >= 11 is 1.29. The molecule has 136 valence electrons. The Hall–Kier alpha value is -3.24. The van der Waals surface area contributed by atoms with Gasteiger partial charge in [0.25, 0.3) is 11.6 Å². The Labute approximate surface area is 160 Å². The van der Waals surface area contributed by atoms with E-state index in [0.29, 0.717) is 10.3 Å². The van der Waals surface area contributed by atoms with Crippen molar-refractivity contribution in [3.05, 3.63) is 68.0 Å². The lowest BCUT2D eigenvalue weighted by atomic mass is 10.0. The topological polar surface area (TPSA) is 77.5 Å². The number of carbonyl (C=O) groups excluding carboxylic acids is 1. The first-order valence-electron chi connectivity index (χ1n) is 8.24. The van der Waals surface area contributed by atoms with Crippen LogP contribution in [0.3, 0.4) is 0 Å². The van der Waals surface area contributed by atoms with Crippen LogP contribution in [0.25, 0.3) is 10.2 Å². The summed E-state index contributed by atoms with van der Waals surface area (Å²) in [6, 6.07) is 10.5. The number of hydrogen-bond donors (Lipinski definition) is 0. The summed E-state index contributed by atoms with van der Waals surface area (Å²) in [7, 11) is 0. The van der Waals surface area contributed by atoms with Gasteiger partial charge in [-0.1, -0.05) is 41.0 Å². The smallest absolute Gasteiger partial charge is 0.271 e. The van der Waals surface area contributed by atoms with Crippen LogP contribution < -0.4 is 4.80 Å². The predicted octanol–water partition coefficient (Wildman–Crippen LogP) is 3.53. The lowest BCUT2D eigenvalue weighted by Gasteiger charge is -2.04. The van der Waals surface area contributed by atoms with Crippen LogP contribution in [0.1, 0.15) is 16.7 Å². The summed E-state index contributed by atoms with van der Waals surface area (Å²) < 4.78 is 2.45.